The molecule has 0 spiro atoms. The Kier molecular flexibility index (Phi) is 10.1. The first kappa shape index (κ1) is 30.9. The van der Waals surface area contributed by atoms with Gasteiger partial charge in [-0.05, 0) is 80.9 Å². The van der Waals surface area contributed by atoms with Crippen LogP contribution in [0.4, 0.5) is 26.2 Å². The van der Waals surface area contributed by atoms with Gasteiger partial charge in [0.2, 0.25) is 6.35 Å². The largest absolute Gasteiger partial charge is 0.340 e. The van der Waals surface area contributed by atoms with Gasteiger partial charge in [0.25, 0.3) is 10.0 Å². The lowest BCUT2D eigenvalue weighted by Crippen LogP contribution is -2.33. The standard InChI is InChI=1S/C30H33FN5O4PS/c1-22-29(23(2)36(34-22)28-15-11-24(31)12-16-28)42(38,39)35(19-8-20-40-21-41(3)4)27-17-13-26(14-18-27)33-30(37)32-25-9-6-5-7-10-25/h5-7,9-18H,3,8,19-21H2,1-2,4H3,(H-,32,33,37)/p+1. The van der Waals surface area contributed by atoms with Crippen LogP contribution >= 0.6 is 7.55 Å². The zero-order valence-electron chi connectivity index (χ0n) is 23.7. The van der Waals surface area contributed by atoms with Crippen molar-refractivity contribution in [2.45, 2.75) is 25.2 Å². The molecule has 0 radical (unpaired) electrons. The Morgan fingerprint density at radius 1 is 1.00 bits per heavy atom. The molecule has 0 aliphatic rings. The van der Waals surface area contributed by atoms with Crippen LogP contribution in [0.3, 0.4) is 0 Å². The van der Waals surface area contributed by atoms with Gasteiger partial charge >= 0.3 is 6.03 Å². The Morgan fingerprint density at radius 2 is 1.62 bits per heavy atom. The number of carbonyl (C=O) groups is 1. The topological polar surface area (TPSA) is 106 Å². The van der Waals surface area contributed by atoms with Crippen molar-refractivity contribution < 1.29 is 22.3 Å². The van der Waals surface area contributed by atoms with Gasteiger partial charge in [-0.3, -0.25) is 4.31 Å². The summed E-state index contributed by atoms with van der Waals surface area (Å²) in [6.07, 6.45) is 4.96. The highest BCUT2D eigenvalue weighted by Gasteiger charge is 2.31. The molecule has 0 saturated carbocycles. The number of anilines is 3. The van der Waals surface area contributed by atoms with Gasteiger partial charge in [-0.1, -0.05) is 18.2 Å². The zero-order valence-corrected chi connectivity index (χ0v) is 25.5. The van der Waals surface area contributed by atoms with Gasteiger partial charge in [-0.2, -0.15) is 5.10 Å². The van der Waals surface area contributed by atoms with Gasteiger partial charge in [-0.25, -0.2) is 22.3 Å². The molecule has 0 aliphatic heterocycles. The van der Waals surface area contributed by atoms with Gasteiger partial charge in [0.1, 0.15) is 18.3 Å². The van der Waals surface area contributed by atoms with Crippen molar-refractivity contribution in [3.63, 3.8) is 0 Å². The Labute approximate surface area is 246 Å². The molecule has 4 aromatic rings. The number of nitrogens with one attached hydrogen (secondary N) is 2. The van der Waals surface area contributed by atoms with E-state index in [1.165, 1.54) is 21.1 Å². The van der Waals surface area contributed by atoms with Gasteiger partial charge in [0.15, 0.2) is 0 Å². The molecule has 0 saturated heterocycles. The van der Waals surface area contributed by atoms with Gasteiger partial charge in [0, 0.05) is 17.9 Å². The molecule has 2 N–H and O–H groups in total. The van der Waals surface area contributed by atoms with E-state index in [4.69, 9.17) is 4.74 Å². The van der Waals surface area contributed by atoms with E-state index in [0.29, 0.717) is 53.5 Å². The summed E-state index contributed by atoms with van der Waals surface area (Å²) in [6, 6.07) is 20.9. The SMILES string of the molecule is C=[P+](C)COCCCN(c1ccc(NC(=O)Nc2ccccc2)cc1)S(=O)(=O)c1c(C)nn(-c2ccc(F)cc2)c1C. The number of sulfonamides is 1. The molecule has 4 rings (SSSR count). The summed E-state index contributed by atoms with van der Waals surface area (Å²) < 4.78 is 50.4. The second kappa shape index (κ2) is 13.7. The van der Waals surface area contributed by atoms with Crippen molar-refractivity contribution in [2.75, 3.05) is 41.1 Å². The monoisotopic (exact) mass is 610 g/mol. The van der Waals surface area contributed by atoms with E-state index >= 15 is 0 Å². The molecule has 2 amide bonds. The molecule has 1 atom stereocenters. The van der Waals surface area contributed by atoms with Crippen LogP contribution in [0.15, 0.2) is 83.8 Å². The number of para-hydroxylation sites is 1. The minimum atomic E-state index is -4.08. The lowest BCUT2D eigenvalue weighted by Gasteiger charge is -2.25. The average Bonchev–Trinajstić information content (AvgIpc) is 3.26. The van der Waals surface area contributed by atoms with E-state index in [-0.39, 0.29) is 11.4 Å². The molecule has 3 aromatic carbocycles. The molecule has 9 nitrogen and oxygen atoms in total. The molecule has 220 valence electrons. The van der Waals surface area contributed by atoms with Crippen molar-refractivity contribution in [1.29, 1.82) is 0 Å². The van der Waals surface area contributed by atoms with Gasteiger partial charge in [0.05, 0.1) is 42.3 Å². The van der Waals surface area contributed by atoms with Crippen LogP contribution in [-0.4, -0.2) is 56.7 Å². The van der Waals surface area contributed by atoms with Crippen molar-refractivity contribution in [1.82, 2.24) is 9.78 Å². The van der Waals surface area contributed by atoms with E-state index in [1.807, 2.05) is 24.9 Å². The number of urea groups is 1. The number of benzene rings is 3. The molecule has 1 heterocycles. The normalized spacial score (nSPS) is 11.7. The molecule has 1 aromatic heterocycles. The Morgan fingerprint density at radius 3 is 2.24 bits per heavy atom. The van der Waals surface area contributed by atoms with Crippen LogP contribution in [0.25, 0.3) is 5.69 Å². The van der Waals surface area contributed by atoms with Crippen molar-refractivity contribution in [2.24, 2.45) is 0 Å². The molecule has 0 bridgehead atoms. The maximum Gasteiger partial charge on any atom is 0.323 e. The second-order valence-corrected chi connectivity index (χ2v) is 13.5. The van der Waals surface area contributed by atoms with Crippen molar-refractivity contribution >= 4 is 47.0 Å². The minimum absolute atomic E-state index is 0.0759. The number of amides is 2. The zero-order chi connectivity index (χ0) is 30.3. The lowest BCUT2D eigenvalue weighted by molar-refractivity contribution is 0.180. The summed E-state index contributed by atoms with van der Waals surface area (Å²) in [7, 11) is -4.55. The summed E-state index contributed by atoms with van der Waals surface area (Å²) in [5, 5.41) is 9.98. The van der Waals surface area contributed by atoms with Crippen molar-refractivity contribution in [3.05, 3.63) is 96.1 Å². The number of aromatic nitrogens is 2. The number of hydrogen-bond donors (Lipinski definition) is 2. The van der Waals surface area contributed by atoms with E-state index < -0.39 is 29.4 Å². The Hall–Kier alpha value is -4.05. The lowest BCUT2D eigenvalue weighted by atomic mass is 10.2. The first-order chi connectivity index (χ1) is 20.1. The fraction of sp³-hybridized carbons (Fsp3) is 0.233. The number of rotatable bonds is 12. The highest BCUT2D eigenvalue weighted by molar-refractivity contribution is 7.93. The molecule has 42 heavy (non-hydrogen) atoms. The third kappa shape index (κ3) is 7.61. The molecule has 12 heteroatoms. The molecule has 1 unspecified atom stereocenters. The van der Waals surface area contributed by atoms with Crippen LogP contribution < -0.4 is 14.9 Å². The third-order valence-corrected chi connectivity index (χ3v) is 8.95. The molecular formula is C30H34FN5O4PS+. The van der Waals surface area contributed by atoms with Crippen molar-refractivity contribution in [3.8, 4) is 5.69 Å². The minimum Gasteiger partial charge on any atom is -0.340 e. The van der Waals surface area contributed by atoms with Crippen LogP contribution in [0.5, 0.6) is 0 Å². The summed E-state index contributed by atoms with van der Waals surface area (Å²) in [5.74, 6) is -0.397. The number of ether oxygens (including phenoxy) is 1. The van der Waals surface area contributed by atoms with E-state index in [1.54, 1.807) is 62.4 Å². The number of nitrogens with zero attached hydrogens (tertiary/aromatic N) is 3. The maximum atomic E-state index is 14.2. The fourth-order valence-electron chi connectivity index (χ4n) is 4.39. The van der Waals surface area contributed by atoms with E-state index in [9.17, 15) is 17.6 Å². The van der Waals surface area contributed by atoms with E-state index in [0.717, 1.165) is 0 Å². The highest BCUT2D eigenvalue weighted by Crippen LogP contribution is 2.30. The van der Waals surface area contributed by atoms with Gasteiger partial charge < -0.3 is 15.4 Å². The number of hydrogen-bond acceptors (Lipinski definition) is 5. The highest BCUT2D eigenvalue weighted by atomic mass is 32.2. The first-order valence-electron chi connectivity index (χ1n) is 13.2. The third-order valence-electron chi connectivity index (χ3n) is 6.25. The number of aryl methyl sites for hydroxylation is 1. The molecule has 0 fully saturated rings. The number of carbonyl (C=O) groups excluding carboxylic acids is 1. The summed E-state index contributed by atoms with van der Waals surface area (Å²) in [4.78, 5) is 12.5. The van der Waals surface area contributed by atoms with Gasteiger partial charge in [-0.15, -0.1) is 0 Å². The van der Waals surface area contributed by atoms with Crippen LogP contribution in [-0.2, 0) is 14.8 Å². The summed E-state index contributed by atoms with van der Waals surface area (Å²) in [5.41, 5.74) is 2.84. The Bertz CT molecular complexity index is 1640. The smallest absolute Gasteiger partial charge is 0.323 e. The van der Waals surface area contributed by atoms with E-state index in [2.05, 4.69) is 22.0 Å². The van der Waals surface area contributed by atoms with Crippen LogP contribution in [0, 0.1) is 19.7 Å². The predicted molar refractivity (Wildman–Crippen MR) is 168 cm³/mol. The summed E-state index contributed by atoms with van der Waals surface area (Å²) >= 11 is 0. The predicted octanol–water partition coefficient (Wildman–Crippen LogP) is 6.38. The second-order valence-electron chi connectivity index (χ2n) is 9.70. The summed E-state index contributed by atoms with van der Waals surface area (Å²) in [6.45, 7) is 5.85. The molecular weight excluding hydrogens is 576 g/mol. The fourth-order valence-corrected chi connectivity index (χ4v) is 6.69. The first-order valence-corrected chi connectivity index (χ1v) is 16.8. The quantitative estimate of drug-likeness (QED) is 0.143. The van der Waals surface area contributed by atoms with Crippen LogP contribution in [0.2, 0.25) is 0 Å². The van der Waals surface area contributed by atoms with Crippen LogP contribution in [0.1, 0.15) is 17.8 Å². The Balaban J connectivity index is 1.60. The molecule has 0 aliphatic carbocycles. The number of halogens is 1. The average molecular weight is 611 g/mol. The maximum absolute atomic E-state index is 14.2.